The fourth-order valence-electron chi connectivity index (χ4n) is 2.38. The molecule has 0 spiro atoms. The second kappa shape index (κ2) is 3.94. The van der Waals surface area contributed by atoms with Gasteiger partial charge in [0.05, 0.1) is 5.69 Å². The molecule has 0 unspecified atom stereocenters. The van der Waals surface area contributed by atoms with E-state index in [-0.39, 0.29) is 5.69 Å². The van der Waals surface area contributed by atoms with Gasteiger partial charge in [-0.15, -0.1) is 0 Å². The third kappa shape index (κ3) is 1.51. The van der Waals surface area contributed by atoms with E-state index in [1.54, 1.807) is 6.07 Å². The number of hydrogen-bond donors (Lipinski definition) is 1. The number of nitrogens with zero attached hydrogens (tertiary/aromatic N) is 1. The molecule has 0 aliphatic heterocycles. The summed E-state index contributed by atoms with van der Waals surface area (Å²) in [4.78, 5) is 26.8. The van der Waals surface area contributed by atoms with E-state index in [0.29, 0.717) is 24.1 Å². The van der Waals surface area contributed by atoms with Crippen LogP contribution in [0, 0.1) is 5.82 Å². The van der Waals surface area contributed by atoms with E-state index in [9.17, 15) is 14.0 Å². The number of aromatic nitrogens is 2. The number of hydrogen-bond acceptors (Lipinski definition) is 2. The average molecular weight is 246 g/mol. The predicted molar refractivity (Wildman–Crippen MR) is 64.6 cm³/mol. The SMILES string of the molecule is O=c1[nH]c2c(c(=O)n1-c1ccccc1F)CCC2. The molecule has 1 N–H and O–H groups in total. The summed E-state index contributed by atoms with van der Waals surface area (Å²) >= 11 is 0. The predicted octanol–water partition coefficient (Wildman–Crippen LogP) is 1.15. The van der Waals surface area contributed by atoms with Crippen LogP contribution in [0.15, 0.2) is 33.9 Å². The molecule has 18 heavy (non-hydrogen) atoms. The molecule has 0 bridgehead atoms. The lowest BCUT2D eigenvalue weighted by Crippen LogP contribution is -2.36. The first kappa shape index (κ1) is 11.0. The first-order valence-electron chi connectivity index (χ1n) is 5.80. The Morgan fingerprint density at radius 1 is 1.17 bits per heavy atom. The van der Waals surface area contributed by atoms with Crippen LogP contribution < -0.4 is 11.2 Å². The van der Waals surface area contributed by atoms with Crippen LogP contribution in [0.5, 0.6) is 0 Å². The maximum atomic E-state index is 13.7. The molecular weight excluding hydrogens is 235 g/mol. The van der Waals surface area contributed by atoms with Crippen molar-refractivity contribution in [1.82, 2.24) is 9.55 Å². The molecule has 1 aliphatic carbocycles. The monoisotopic (exact) mass is 246 g/mol. The van der Waals surface area contributed by atoms with Crippen LogP contribution in [0.4, 0.5) is 4.39 Å². The number of fused-ring (bicyclic) bond motifs is 1. The Balaban J connectivity index is 2.35. The van der Waals surface area contributed by atoms with Gasteiger partial charge in [0, 0.05) is 11.3 Å². The Kier molecular flexibility index (Phi) is 2.40. The van der Waals surface area contributed by atoms with Gasteiger partial charge in [0.1, 0.15) is 5.82 Å². The largest absolute Gasteiger partial charge is 0.333 e. The minimum Gasteiger partial charge on any atom is -0.310 e. The molecule has 92 valence electrons. The molecule has 4 nitrogen and oxygen atoms in total. The Bertz CT molecular complexity index is 731. The van der Waals surface area contributed by atoms with Crippen LogP contribution in [0.1, 0.15) is 17.7 Å². The van der Waals surface area contributed by atoms with Crippen LogP contribution in [0.3, 0.4) is 0 Å². The maximum absolute atomic E-state index is 13.7. The lowest BCUT2D eigenvalue weighted by molar-refractivity contribution is 0.611. The molecule has 0 fully saturated rings. The molecule has 0 radical (unpaired) electrons. The van der Waals surface area contributed by atoms with Gasteiger partial charge in [-0.05, 0) is 31.4 Å². The van der Waals surface area contributed by atoms with Gasteiger partial charge in [-0.25, -0.2) is 13.8 Å². The molecule has 1 heterocycles. The summed E-state index contributed by atoms with van der Waals surface area (Å²) in [6, 6.07) is 5.77. The number of H-pyrrole nitrogens is 1. The van der Waals surface area contributed by atoms with Gasteiger partial charge < -0.3 is 4.98 Å². The summed E-state index contributed by atoms with van der Waals surface area (Å²) < 4.78 is 14.5. The standard InChI is InChI=1S/C13H11FN2O2/c14-9-5-1-2-7-11(9)16-12(17)8-4-3-6-10(8)15-13(16)18/h1-2,5,7H,3-4,6H2,(H,15,18). The van der Waals surface area contributed by atoms with Crippen molar-refractivity contribution in [3.63, 3.8) is 0 Å². The van der Waals surface area contributed by atoms with Gasteiger partial charge >= 0.3 is 5.69 Å². The van der Waals surface area contributed by atoms with Crippen molar-refractivity contribution in [2.45, 2.75) is 19.3 Å². The van der Waals surface area contributed by atoms with Crippen molar-refractivity contribution in [3.8, 4) is 5.69 Å². The summed E-state index contributed by atoms with van der Waals surface area (Å²) in [5.41, 5.74) is 0.302. The Morgan fingerprint density at radius 3 is 2.72 bits per heavy atom. The van der Waals surface area contributed by atoms with E-state index >= 15 is 0 Å². The molecule has 0 amide bonds. The fourth-order valence-corrected chi connectivity index (χ4v) is 2.38. The van der Waals surface area contributed by atoms with Crippen LogP contribution >= 0.6 is 0 Å². The second-order valence-corrected chi connectivity index (χ2v) is 4.33. The molecule has 0 saturated carbocycles. The van der Waals surface area contributed by atoms with Crippen molar-refractivity contribution in [3.05, 3.63) is 62.2 Å². The first-order chi connectivity index (χ1) is 8.68. The van der Waals surface area contributed by atoms with Crippen LogP contribution in [0.2, 0.25) is 0 Å². The van der Waals surface area contributed by atoms with E-state index in [4.69, 9.17) is 0 Å². The van der Waals surface area contributed by atoms with Crippen LogP contribution in [0.25, 0.3) is 5.69 Å². The zero-order valence-corrected chi connectivity index (χ0v) is 9.57. The highest BCUT2D eigenvalue weighted by atomic mass is 19.1. The third-order valence-electron chi connectivity index (χ3n) is 3.23. The van der Waals surface area contributed by atoms with E-state index in [0.717, 1.165) is 11.0 Å². The van der Waals surface area contributed by atoms with Crippen molar-refractivity contribution >= 4 is 0 Å². The molecule has 0 saturated heterocycles. The summed E-state index contributed by atoms with van der Waals surface area (Å²) in [5, 5.41) is 0. The molecule has 0 atom stereocenters. The van der Waals surface area contributed by atoms with Gasteiger partial charge in [-0.2, -0.15) is 0 Å². The lowest BCUT2D eigenvalue weighted by Gasteiger charge is -2.07. The molecule has 1 aromatic carbocycles. The zero-order chi connectivity index (χ0) is 12.7. The lowest BCUT2D eigenvalue weighted by atomic mass is 10.2. The molecule has 1 aromatic heterocycles. The van der Waals surface area contributed by atoms with Crippen molar-refractivity contribution in [2.24, 2.45) is 0 Å². The van der Waals surface area contributed by atoms with Gasteiger partial charge in [-0.1, -0.05) is 12.1 Å². The molecule has 2 aromatic rings. The number of halogens is 1. The first-order valence-corrected chi connectivity index (χ1v) is 5.80. The van der Waals surface area contributed by atoms with Gasteiger partial charge in [0.25, 0.3) is 5.56 Å². The van der Waals surface area contributed by atoms with Crippen molar-refractivity contribution < 1.29 is 4.39 Å². The number of benzene rings is 1. The molecule has 5 heteroatoms. The summed E-state index contributed by atoms with van der Waals surface area (Å²) in [6.07, 6.45) is 2.19. The van der Waals surface area contributed by atoms with E-state index < -0.39 is 17.1 Å². The quantitative estimate of drug-likeness (QED) is 0.820. The van der Waals surface area contributed by atoms with Crippen molar-refractivity contribution in [1.29, 1.82) is 0 Å². The Labute approximate surface area is 102 Å². The fraction of sp³-hybridized carbons (Fsp3) is 0.231. The summed E-state index contributed by atoms with van der Waals surface area (Å²) in [5.74, 6) is -0.581. The van der Waals surface area contributed by atoms with E-state index in [1.165, 1.54) is 18.2 Å². The smallest absolute Gasteiger partial charge is 0.310 e. The second-order valence-electron chi connectivity index (χ2n) is 4.33. The van der Waals surface area contributed by atoms with Gasteiger partial charge in [0.2, 0.25) is 0 Å². The molecular formula is C13H11FN2O2. The van der Waals surface area contributed by atoms with Crippen LogP contribution in [-0.4, -0.2) is 9.55 Å². The molecule has 3 rings (SSSR count). The Hall–Kier alpha value is -2.17. The van der Waals surface area contributed by atoms with Crippen LogP contribution in [-0.2, 0) is 12.8 Å². The number of para-hydroxylation sites is 1. The maximum Gasteiger partial charge on any atom is 0.333 e. The minimum atomic E-state index is -0.581. The summed E-state index contributed by atoms with van der Waals surface area (Å²) in [7, 11) is 0. The summed E-state index contributed by atoms with van der Waals surface area (Å²) in [6.45, 7) is 0. The highest BCUT2D eigenvalue weighted by Gasteiger charge is 2.20. The minimum absolute atomic E-state index is 0.00144. The topological polar surface area (TPSA) is 54.9 Å². The normalized spacial score (nSPS) is 13.6. The number of aromatic amines is 1. The average Bonchev–Trinajstić information content (AvgIpc) is 2.79. The highest BCUT2D eigenvalue weighted by Crippen LogP contribution is 2.15. The molecule has 1 aliphatic rings. The highest BCUT2D eigenvalue weighted by molar-refractivity contribution is 5.35. The third-order valence-corrected chi connectivity index (χ3v) is 3.23. The zero-order valence-electron chi connectivity index (χ0n) is 9.57. The van der Waals surface area contributed by atoms with Gasteiger partial charge in [0.15, 0.2) is 0 Å². The number of rotatable bonds is 1. The van der Waals surface area contributed by atoms with E-state index in [1.807, 2.05) is 0 Å². The van der Waals surface area contributed by atoms with Crippen molar-refractivity contribution in [2.75, 3.05) is 0 Å². The van der Waals surface area contributed by atoms with Gasteiger partial charge in [-0.3, -0.25) is 4.79 Å². The number of nitrogens with one attached hydrogen (secondary N) is 1. The number of aryl methyl sites for hydroxylation is 1. The Morgan fingerprint density at radius 2 is 1.94 bits per heavy atom. The van der Waals surface area contributed by atoms with E-state index in [2.05, 4.69) is 4.98 Å².